The van der Waals surface area contributed by atoms with Crippen molar-refractivity contribution in [3.63, 3.8) is 0 Å². The van der Waals surface area contributed by atoms with Crippen molar-refractivity contribution in [1.82, 2.24) is 4.98 Å². The molecule has 1 heterocycles. The predicted octanol–water partition coefficient (Wildman–Crippen LogP) is 4.01. The Kier molecular flexibility index (Phi) is 4.61. The van der Waals surface area contributed by atoms with E-state index in [1.807, 2.05) is 42.6 Å². The average Bonchev–Trinajstić information content (AvgIpc) is 2.65. The Hall–Kier alpha value is -3.08. The quantitative estimate of drug-likeness (QED) is 0.666. The Labute approximate surface area is 140 Å². The normalized spacial score (nSPS) is 11.0. The van der Waals surface area contributed by atoms with Crippen molar-refractivity contribution in [3.8, 4) is 17.2 Å². The zero-order chi connectivity index (χ0) is 16.9. The Morgan fingerprint density at radius 3 is 2.38 bits per heavy atom. The molecule has 0 bridgehead atoms. The average molecular weight is 322 g/mol. The van der Waals surface area contributed by atoms with E-state index in [1.54, 1.807) is 33.7 Å². The molecule has 0 atom stereocenters. The van der Waals surface area contributed by atoms with Gasteiger partial charge in [-0.1, -0.05) is 12.1 Å². The molecule has 0 spiro atoms. The van der Waals surface area contributed by atoms with Gasteiger partial charge in [0.25, 0.3) is 0 Å². The largest absolute Gasteiger partial charge is 0.493 e. The summed E-state index contributed by atoms with van der Waals surface area (Å²) in [4.78, 5) is 8.74. The highest BCUT2D eigenvalue weighted by Gasteiger charge is 2.12. The minimum Gasteiger partial charge on any atom is -0.493 e. The second kappa shape index (κ2) is 7.00. The van der Waals surface area contributed by atoms with Crippen LogP contribution in [0.15, 0.2) is 53.8 Å². The standard InChI is InChI=1S/C19H18N2O3/c1-22-17-9-13(10-18(23-2)19(17)24-3)11-21-16-6-4-5-14-12-20-8-7-15(14)16/h4-12H,1-3H3. The Balaban J connectivity index is 2.02. The van der Waals surface area contributed by atoms with Gasteiger partial charge in [-0.05, 0) is 24.3 Å². The van der Waals surface area contributed by atoms with E-state index >= 15 is 0 Å². The Morgan fingerprint density at radius 2 is 1.71 bits per heavy atom. The maximum absolute atomic E-state index is 5.37. The Morgan fingerprint density at radius 1 is 0.958 bits per heavy atom. The zero-order valence-corrected chi connectivity index (χ0v) is 13.8. The van der Waals surface area contributed by atoms with Gasteiger partial charge in [0.15, 0.2) is 11.5 Å². The van der Waals surface area contributed by atoms with E-state index in [0.29, 0.717) is 17.2 Å². The van der Waals surface area contributed by atoms with Gasteiger partial charge in [0.05, 0.1) is 27.0 Å². The maximum atomic E-state index is 5.37. The first kappa shape index (κ1) is 15.8. The number of fused-ring (bicyclic) bond motifs is 1. The molecule has 3 rings (SSSR count). The van der Waals surface area contributed by atoms with Crippen LogP contribution in [0.4, 0.5) is 5.69 Å². The second-order valence-electron chi connectivity index (χ2n) is 5.09. The number of hydrogen-bond acceptors (Lipinski definition) is 5. The van der Waals surface area contributed by atoms with Crippen LogP contribution in [0.25, 0.3) is 10.8 Å². The number of methoxy groups -OCH3 is 3. The smallest absolute Gasteiger partial charge is 0.203 e. The minimum atomic E-state index is 0.563. The van der Waals surface area contributed by atoms with Crippen molar-refractivity contribution in [2.75, 3.05) is 21.3 Å². The van der Waals surface area contributed by atoms with Crippen molar-refractivity contribution in [2.24, 2.45) is 4.99 Å². The van der Waals surface area contributed by atoms with Gasteiger partial charge in [-0.25, -0.2) is 0 Å². The van der Waals surface area contributed by atoms with Crippen molar-refractivity contribution in [1.29, 1.82) is 0 Å². The number of aromatic nitrogens is 1. The van der Waals surface area contributed by atoms with E-state index in [1.165, 1.54) is 0 Å². The molecule has 0 radical (unpaired) electrons. The summed E-state index contributed by atoms with van der Waals surface area (Å²) in [6.07, 6.45) is 5.37. The van der Waals surface area contributed by atoms with Crippen molar-refractivity contribution >= 4 is 22.7 Å². The lowest BCUT2D eigenvalue weighted by atomic mass is 10.1. The highest BCUT2D eigenvalue weighted by Crippen LogP contribution is 2.38. The summed E-state index contributed by atoms with van der Waals surface area (Å²) in [6.45, 7) is 0. The third-order valence-corrected chi connectivity index (χ3v) is 3.70. The van der Waals surface area contributed by atoms with Crippen LogP contribution in [-0.2, 0) is 0 Å². The monoisotopic (exact) mass is 322 g/mol. The molecule has 0 amide bonds. The molecule has 0 aliphatic rings. The molecular formula is C19H18N2O3. The van der Waals surface area contributed by atoms with Gasteiger partial charge >= 0.3 is 0 Å². The molecule has 0 N–H and O–H groups in total. The van der Waals surface area contributed by atoms with Gasteiger partial charge in [-0.2, -0.15) is 0 Å². The predicted molar refractivity (Wildman–Crippen MR) is 95.1 cm³/mol. The van der Waals surface area contributed by atoms with E-state index in [2.05, 4.69) is 9.98 Å². The van der Waals surface area contributed by atoms with Gasteiger partial charge in [-0.3, -0.25) is 9.98 Å². The van der Waals surface area contributed by atoms with Crippen LogP contribution >= 0.6 is 0 Å². The molecule has 0 aliphatic heterocycles. The summed E-state index contributed by atoms with van der Waals surface area (Å²) < 4.78 is 16.1. The summed E-state index contributed by atoms with van der Waals surface area (Å²) in [5, 5.41) is 2.10. The fourth-order valence-electron chi connectivity index (χ4n) is 2.54. The lowest BCUT2D eigenvalue weighted by Gasteiger charge is -2.12. The van der Waals surface area contributed by atoms with Crippen LogP contribution in [0.1, 0.15) is 5.56 Å². The van der Waals surface area contributed by atoms with Gasteiger partial charge in [-0.15, -0.1) is 0 Å². The number of pyridine rings is 1. The van der Waals surface area contributed by atoms with Crippen LogP contribution < -0.4 is 14.2 Å². The lowest BCUT2D eigenvalue weighted by molar-refractivity contribution is 0.324. The minimum absolute atomic E-state index is 0.563. The van der Waals surface area contributed by atoms with Crippen LogP contribution in [0.5, 0.6) is 17.2 Å². The number of ether oxygens (including phenoxy) is 3. The molecule has 5 heteroatoms. The van der Waals surface area contributed by atoms with Crippen LogP contribution in [0, 0.1) is 0 Å². The fraction of sp³-hybridized carbons (Fsp3) is 0.158. The molecule has 3 aromatic rings. The number of aliphatic imine (C=N–C) groups is 1. The number of hydrogen-bond donors (Lipinski definition) is 0. The fourth-order valence-corrected chi connectivity index (χ4v) is 2.54. The van der Waals surface area contributed by atoms with Crippen molar-refractivity contribution in [3.05, 3.63) is 54.4 Å². The summed E-state index contributed by atoms with van der Waals surface area (Å²) in [7, 11) is 4.77. The second-order valence-corrected chi connectivity index (χ2v) is 5.09. The van der Waals surface area contributed by atoms with Gasteiger partial charge in [0, 0.05) is 34.9 Å². The first-order valence-corrected chi connectivity index (χ1v) is 7.43. The number of nitrogens with zero attached hydrogens (tertiary/aromatic N) is 2. The Bertz CT molecular complexity index is 860. The van der Waals surface area contributed by atoms with E-state index in [-0.39, 0.29) is 0 Å². The molecule has 122 valence electrons. The highest BCUT2D eigenvalue weighted by molar-refractivity contribution is 5.95. The highest BCUT2D eigenvalue weighted by atomic mass is 16.5. The lowest BCUT2D eigenvalue weighted by Crippen LogP contribution is -1.96. The first-order valence-electron chi connectivity index (χ1n) is 7.43. The molecule has 2 aromatic carbocycles. The summed E-state index contributed by atoms with van der Waals surface area (Å²) in [5.41, 5.74) is 1.74. The van der Waals surface area contributed by atoms with E-state index in [4.69, 9.17) is 14.2 Å². The van der Waals surface area contributed by atoms with Crippen molar-refractivity contribution in [2.45, 2.75) is 0 Å². The van der Waals surface area contributed by atoms with Crippen LogP contribution in [-0.4, -0.2) is 32.5 Å². The van der Waals surface area contributed by atoms with E-state index in [0.717, 1.165) is 22.0 Å². The van der Waals surface area contributed by atoms with Crippen LogP contribution in [0.3, 0.4) is 0 Å². The van der Waals surface area contributed by atoms with E-state index in [9.17, 15) is 0 Å². The molecule has 0 aliphatic carbocycles. The van der Waals surface area contributed by atoms with Gasteiger partial charge in [0.2, 0.25) is 5.75 Å². The molecule has 0 unspecified atom stereocenters. The zero-order valence-electron chi connectivity index (χ0n) is 13.8. The van der Waals surface area contributed by atoms with Gasteiger partial charge < -0.3 is 14.2 Å². The third kappa shape index (κ3) is 3.01. The molecule has 5 nitrogen and oxygen atoms in total. The van der Waals surface area contributed by atoms with Gasteiger partial charge in [0.1, 0.15) is 0 Å². The first-order chi connectivity index (χ1) is 11.8. The summed E-state index contributed by atoms with van der Waals surface area (Å²) >= 11 is 0. The number of rotatable bonds is 5. The van der Waals surface area contributed by atoms with Crippen LogP contribution in [0.2, 0.25) is 0 Å². The summed E-state index contributed by atoms with van der Waals surface area (Å²) in [6, 6.07) is 11.6. The topological polar surface area (TPSA) is 52.9 Å². The molecule has 0 saturated carbocycles. The molecule has 0 saturated heterocycles. The molecular weight excluding hydrogens is 304 g/mol. The number of benzene rings is 2. The van der Waals surface area contributed by atoms with Crippen molar-refractivity contribution < 1.29 is 14.2 Å². The summed E-state index contributed by atoms with van der Waals surface area (Å²) in [5.74, 6) is 1.76. The molecule has 0 fully saturated rings. The third-order valence-electron chi connectivity index (χ3n) is 3.70. The van der Waals surface area contributed by atoms with E-state index < -0.39 is 0 Å². The molecule has 24 heavy (non-hydrogen) atoms. The maximum Gasteiger partial charge on any atom is 0.203 e. The SMILES string of the molecule is COc1cc(C=Nc2cccc3cnccc23)cc(OC)c1OC. The molecule has 1 aromatic heterocycles.